The lowest BCUT2D eigenvalue weighted by Gasteiger charge is -2.41. The Morgan fingerprint density at radius 1 is 1.27 bits per heavy atom. The van der Waals surface area contributed by atoms with Crippen molar-refractivity contribution < 1.29 is 9.18 Å². The van der Waals surface area contributed by atoms with Gasteiger partial charge in [-0.1, -0.05) is 0 Å². The molecule has 30 heavy (non-hydrogen) atoms. The summed E-state index contributed by atoms with van der Waals surface area (Å²) in [5.41, 5.74) is 0.898. The van der Waals surface area contributed by atoms with E-state index >= 15 is 0 Å². The van der Waals surface area contributed by atoms with Crippen molar-refractivity contribution in [2.45, 2.75) is 43.7 Å². The van der Waals surface area contributed by atoms with Gasteiger partial charge in [0.15, 0.2) is 0 Å². The van der Waals surface area contributed by atoms with E-state index in [2.05, 4.69) is 31.0 Å². The molecule has 5 rings (SSSR count). The van der Waals surface area contributed by atoms with Crippen molar-refractivity contribution in [2.75, 3.05) is 11.4 Å². The van der Waals surface area contributed by atoms with Gasteiger partial charge in [-0.3, -0.25) is 9.78 Å². The molecule has 0 N–H and O–H groups in total. The summed E-state index contributed by atoms with van der Waals surface area (Å²) in [6, 6.07) is 4.87. The number of aromatic nitrogens is 3. The highest BCUT2D eigenvalue weighted by molar-refractivity contribution is 5.82. The van der Waals surface area contributed by atoms with Crippen LogP contribution in [0.4, 0.5) is 10.2 Å². The summed E-state index contributed by atoms with van der Waals surface area (Å²) in [7, 11) is 0. The molecule has 1 unspecified atom stereocenters. The van der Waals surface area contributed by atoms with Crippen LogP contribution < -0.4 is 4.90 Å². The summed E-state index contributed by atoms with van der Waals surface area (Å²) >= 11 is 0. The van der Waals surface area contributed by atoms with Crippen LogP contribution in [0.5, 0.6) is 0 Å². The highest BCUT2D eigenvalue weighted by Crippen LogP contribution is 2.52. The van der Waals surface area contributed by atoms with Crippen molar-refractivity contribution >= 4 is 17.9 Å². The van der Waals surface area contributed by atoms with Crippen LogP contribution in [0.2, 0.25) is 0 Å². The largest absolute Gasteiger partial charge is 0.351 e. The fourth-order valence-corrected chi connectivity index (χ4v) is 4.64. The summed E-state index contributed by atoms with van der Waals surface area (Å²) in [6.07, 6.45) is 9.80. The molecule has 1 saturated heterocycles. The first-order valence-corrected chi connectivity index (χ1v) is 10.1. The van der Waals surface area contributed by atoms with Crippen LogP contribution in [0, 0.1) is 23.1 Å². The van der Waals surface area contributed by atoms with Crippen molar-refractivity contribution in [1.29, 1.82) is 5.26 Å². The van der Waals surface area contributed by atoms with Crippen molar-refractivity contribution in [1.82, 2.24) is 20.0 Å². The molecule has 9 heteroatoms. The molecular formula is C21H20FN7O. The third-order valence-electron chi connectivity index (χ3n) is 6.29. The first kappa shape index (κ1) is 18.6. The van der Waals surface area contributed by atoms with Crippen LogP contribution in [0.25, 0.3) is 0 Å². The third kappa shape index (κ3) is 3.18. The van der Waals surface area contributed by atoms with Gasteiger partial charge in [-0.2, -0.15) is 10.4 Å². The molecule has 1 spiro atoms. The molecular weight excluding hydrogens is 385 g/mol. The van der Waals surface area contributed by atoms with Crippen LogP contribution in [0.15, 0.2) is 36.0 Å². The van der Waals surface area contributed by atoms with E-state index in [1.807, 2.05) is 0 Å². The Morgan fingerprint density at radius 3 is 2.90 bits per heavy atom. The average Bonchev–Trinajstić information content (AvgIpc) is 3.34. The van der Waals surface area contributed by atoms with Crippen LogP contribution in [-0.4, -0.2) is 44.2 Å². The molecule has 0 radical (unpaired) electrons. The molecule has 0 bridgehead atoms. The van der Waals surface area contributed by atoms with Crippen LogP contribution in [0.3, 0.4) is 0 Å². The van der Waals surface area contributed by atoms with E-state index in [0.29, 0.717) is 30.6 Å². The quantitative estimate of drug-likeness (QED) is 0.778. The van der Waals surface area contributed by atoms with Gasteiger partial charge in [0.25, 0.3) is 0 Å². The van der Waals surface area contributed by atoms with E-state index in [-0.39, 0.29) is 23.4 Å². The van der Waals surface area contributed by atoms with E-state index < -0.39 is 5.82 Å². The maximum atomic E-state index is 13.6. The van der Waals surface area contributed by atoms with Crippen molar-refractivity contribution in [3.63, 3.8) is 0 Å². The molecule has 8 nitrogen and oxygen atoms in total. The molecule has 4 heterocycles. The second-order valence-electron chi connectivity index (χ2n) is 8.11. The number of nitrogens with zero attached hydrogens (tertiary/aromatic N) is 7. The van der Waals surface area contributed by atoms with Crippen molar-refractivity contribution in [2.24, 2.45) is 11.0 Å². The van der Waals surface area contributed by atoms with Gasteiger partial charge in [0.05, 0.1) is 12.2 Å². The highest BCUT2D eigenvalue weighted by atomic mass is 19.1. The summed E-state index contributed by atoms with van der Waals surface area (Å²) in [5, 5.41) is 14.9. The Hall–Kier alpha value is -3.41. The van der Waals surface area contributed by atoms with E-state index in [0.717, 1.165) is 31.3 Å². The predicted molar refractivity (Wildman–Crippen MR) is 106 cm³/mol. The lowest BCUT2D eigenvalue weighted by Crippen LogP contribution is -2.48. The number of carbonyl (C=O) groups is 1. The zero-order valence-electron chi connectivity index (χ0n) is 16.3. The Kier molecular flexibility index (Phi) is 4.42. The smallest absolute Gasteiger partial charge is 0.246 e. The zero-order valence-corrected chi connectivity index (χ0v) is 16.3. The molecule has 1 aliphatic carbocycles. The number of halogens is 1. The molecule has 0 aromatic carbocycles. The van der Waals surface area contributed by atoms with Gasteiger partial charge < -0.3 is 4.90 Å². The minimum atomic E-state index is -0.418. The van der Waals surface area contributed by atoms with E-state index in [4.69, 9.17) is 5.26 Å². The Morgan fingerprint density at radius 2 is 2.13 bits per heavy atom. The molecule has 152 valence electrons. The number of hydrazone groups is 1. The number of pyridine rings is 1. The Labute approximate surface area is 173 Å². The first-order chi connectivity index (χ1) is 14.6. The van der Waals surface area contributed by atoms with Crippen molar-refractivity contribution in [3.05, 3.63) is 47.9 Å². The number of rotatable bonds is 3. The fraction of sp³-hybridized carbons (Fsp3) is 0.429. The molecule has 2 aromatic heterocycles. The van der Waals surface area contributed by atoms with Gasteiger partial charge in [0.1, 0.15) is 29.7 Å². The molecule has 2 atom stereocenters. The molecule has 2 aromatic rings. The summed E-state index contributed by atoms with van der Waals surface area (Å²) in [5.74, 6) is 0.149. The van der Waals surface area contributed by atoms with Crippen LogP contribution >= 0.6 is 0 Å². The minimum Gasteiger partial charge on any atom is -0.351 e. The normalized spacial score (nSPS) is 24.1. The number of nitriles is 1. The van der Waals surface area contributed by atoms with Gasteiger partial charge in [-0.15, -0.1) is 0 Å². The number of piperidine rings is 1. The average molecular weight is 405 g/mol. The molecule has 1 saturated carbocycles. The predicted octanol–water partition coefficient (Wildman–Crippen LogP) is 2.59. The summed E-state index contributed by atoms with van der Waals surface area (Å²) in [6.45, 7) is 0.683. The minimum absolute atomic E-state index is 0.0238. The zero-order chi connectivity index (χ0) is 20.7. The SMILES string of the molecule is N#Cc1cc(N2CCC(C(=O)N3N=CC[C@H]3c3cncc(F)c3)CC23CC3)ncn1. The van der Waals surface area contributed by atoms with E-state index in [1.54, 1.807) is 18.5 Å². The van der Waals surface area contributed by atoms with E-state index in [1.165, 1.54) is 17.4 Å². The standard InChI is InChI=1S/C21H20FN7O/c22-16-7-15(11-24-12-16)18-1-5-27-29(18)20(30)14-2-6-28(21(9-14)3-4-21)19-8-17(10-23)25-13-26-19/h5,7-8,11-14,18H,1-4,6,9H2/t14?,18-/m0/s1. The molecule has 3 aliphatic rings. The van der Waals surface area contributed by atoms with Crippen LogP contribution in [-0.2, 0) is 4.79 Å². The maximum Gasteiger partial charge on any atom is 0.246 e. The Balaban J connectivity index is 1.34. The third-order valence-corrected chi connectivity index (χ3v) is 6.29. The van der Waals surface area contributed by atoms with Gasteiger partial charge in [-0.25, -0.2) is 19.4 Å². The second-order valence-corrected chi connectivity index (χ2v) is 8.11. The fourth-order valence-electron chi connectivity index (χ4n) is 4.64. The number of carbonyl (C=O) groups excluding carboxylic acids is 1. The van der Waals surface area contributed by atoms with E-state index in [9.17, 15) is 9.18 Å². The molecule has 2 fully saturated rings. The Bertz CT molecular complexity index is 1060. The second kappa shape index (κ2) is 7.13. The molecule has 2 aliphatic heterocycles. The number of amides is 1. The van der Waals surface area contributed by atoms with Gasteiger partial charge >= 0.3 is 0 Å². The number of hydrogen-bond acceptors (Lipinski definition) is 7. The first-order valence-electron chi connectivity index (χ1n) is 10.1. The lowest BCUT2D eigenvalue weighted by atomic mass is 9.87. The maximum absolute atomic E-state index is 13.6. The lowest BCUT2D eigenvalue weighted by molar-refractivity contribution is -0.138. The van der Waals surface area contributed by atoms with Gasteiger partial charge in [0.2, 0.25) is 5.91 Å². The summed E-state index contributed by atoms with van der Waals surface area (Å²) in [4.78, 5) is 27.8. The highest BCUT2D eigenvalue weighted by Gasteiger charge is 2.54. The molecule has 1 amide bonds. The van der Waals surface area contributed by atoms with Gasteiger partial charge in [-0.05, 0) is 37.3 Å². The van der Waals surface area contributed by atoms with Gasteiger partial charge in [0, 0.05) is 42.9 Å². The number of anilines is 1. The topological polar surface area (TPSA) is 98.4 Å². The van der Waals surface area contributed by atoms with Crippen molar-refractivity contribution in [3.8, 4) is 6.07 Å². The monoisotopic (exact) mass is 405 g/mol. The number of hydrogen-bond donors (Lipinski definition) is 0. The van der Waals surface area contributed by atoms with Crippen LogP contribution in [0.1, 0.15) is 49.4 Å². The summed E-state index contributed by atoms with van der Waals surface area (Å²) < 4.78 is 13.6.